The van der Waals surface area contributed by atoms with Crippen molar-refractivity contribution >= 4 is 5.69 Å². The zero-order chi connectivity index (χ0) is 28.1. The molecule has 0 N–H and O–H groups in total. The van der Waals surface area contributed by atoms with Crippen LogP contribution in [-0.2, 0) is 0 Å². The van der Waals surface area contributed by atoms with Gasteiger partial charge in [0.1, 0.15) is 0 Å². The Morgan fingerprint density at radius 2 is 0.730 bits per heavy atom. The van der Waals surface area contributed by atoms with Crippen LogP contribution in [0.15, 0.2) is 103 Å². The zero-order valence-electron chi connectivity index (χ0n) is 25.2. The molecule has 4 aromatic rings. The first kappa shape index (κ1) is 33.7. The summed E-state index contributed by atoms with van der Waals surface area (Å²) in [7, 11) is 0. The molecular weight excluding hydrogens is 446 g/mol. The van der Waals surface area contributed by atoms with Crippen molar-refractivity contribution in [1.29, 1.82) is 0 Å². The lowest BCUT2D eigenvalue weighted by molar-refractivity contribution is 0.868. The summed E-state index contributed by atoms with van der Waals surface area (Å²) in [6.07, 6.45) is 0. The molecule has 0 unspecified atom stereocenters. The molecule has 4 aromatic carbocycles. The molecule has 0 aliphatic heterocycles. The summed E-state index contributed by atoms with van der Waals surface area (Å²) >= 11 is 0. The molecule has 200 valence electrons. The van der Waals surface area contributed by atoms with E-state index in [2.05, 4.69) is 122 Å². The molecule has 4 rings (SSSR count). The normalized spacial score (nSPS) is 9.03. The topological polar surface area (TPSA) is 3.24 Å². The smallest absolute Gasteiger partial charge is 0.0531 e. The van der Waals surface area contributed by atoms with Crippen molar-refractivity contribution in [2.75, 3.05) is 18.0 Å². The quantitative estimate of drug-likeness (QED) is 0.256. The fourth-order valence-electron chi connectivity index (χ4n) is 4.07. The number of benzene rings is 4. The summed E-state index contributed by atoms with van der Waals surface area (Å²) in [5, 5.41) is 0. The predicted molar refractivity (Wildman–Crippen MR) is 172 cm³/mol. The van der Waals surface area contributed by atoms with Crippen LogP contribution in [0.4, 0.5) is 5.69 Å². The Bertz CT molecular complexity index is 1050. The third-order valence-electron chi connectivity index (χ3n) is 5.49. The maximum Gasteiger partial charge on any atom is 0.0531 e. The number of nitrogens with zero attached hydrogens (tertiary/aromatic N) is 1. The molecule has 0 amide bonds. The van der Waals surface area contributed by atoms with Crippen LogP contribution in [0.1, 0.15) is 69.2 Å². The van der Waals surface area contributed by atoms with Crippen molar-refractivity contribution in [3.05, 3.63) is 103 Å². The number of hydrogen-bond acceptors (Lipinski definition) is 1. The van der Waals surface area contributed by atoms with Crippen molar-refractivity contribution in [3.63, 3.8) is 0 Å². The summed E-state index contributed by atoms with van der Waals surface area (Å²) < 4.78 is 0. The first-order valence-corrected chi connectivity index (χ1v) is 14.4. The van der Waals surface area contributed by atoms with Crippen LogP contribution >= 0.6 is 0 Å². The van der Waals surface area contributed by atoms with Gasteiger partial charge in [-0.05, 0) is 36.1 Å². The van der Waals surface area contributed by atoms with E-state index in [4.69, 9.17) is 0 Å². The van der Waals surface area contributed by atoms with Crippen LogP contribution < -0.4 is 4.90 Å². The van der Waals surface area contributed by atoms with Crippen molar-refractivity contribution in [2.24, 2.45) is 0 Å². The molecular formula is C36H51N. The maximum atomic E-state index is 2.48. The largest absolute Gasteiger partial charge is 0.371 e. The second-order valence-corrected chi connectivity index (χ2v) is 7.15. The van der Waals surface area contributed by atoms with Crippen LogP contribution in [0.5, 0.6) is 0 Å². The first-order valence-electron chi connectivity index (χ1n) is 14.4. The minimum absolute atomic E-state index is 0.967. The summed E-state index contributed by atoms with van der Waals surface area (Å²) in [5.74, 6) is 0. The van der Waals surface area contributed by atoms with E-state index in [1.165, 1.54) is 39.1 Å². The van der Waals surface area contributed by atoms with Crippen molar-refractivity contribution in [3.8, 4) is 33.4 Å². The van der Waals surface area contributed by atoms with Crippen molar-refractivity contribution < 1.29 is 0 Å². The molecule has 1 heteroatoms. The molecule has 0 aliphatic carbocycles. The molecule has 0 saturated heterocycles. The Hall–Kier alpha value is -3.32. The van der Waals surface area contributed by atoms with E-state index < -0.39 is 0 Å². The standard InChI is InChI=1S/C28H27N.4C2H6/c1-3-29(4-2)28-26(23-16-10-6-11-17-23)21-20-25(22-14-8-5-9-15-22)27(28)24-18-12-7-13-19-24;4*1-2/h5-21H,3-4H2,1-2H3;4*1-2H3. The number of rotatable bonds is 6. The molecule has 0 saturated carbocycles. The van der Waals surface area contributed by atoms with Gasteiger partial charge in [0, 0.05) is 24.2 Å². The minimum Gasteiger partial charge on any atom is -0.371 e. The van der Waals surface area contributed by atoms with Gasteiger partial charge in [-0.2, -0.15) is 0 Å². The van der Waals surface area contributed by atoms with E-state index in [-0.39, 0.29) is 0 Å². The summed E-state index contributed by atoms with van der Waals surface area (Å²) in [5.41, 5.74) is 8.94. The van der Waals surface area contributed by atoms with Gasteiger partial charge in [0.15, 0.2) is 0 Å². The Morgan fingerprint density at radius 3 is 1.11 bits per heavy atom. The molecule has 0 aromatic heterocycles. The van der Waals surface area contributed by atoms with Gasteiger partial charge >= 0.3 is 0 Å². The van der Waals surface area contributed by atoms with E-state index in [0.717, 1.165) is 13.1 Å². The van der Waals surface area contributed by atoms with E-state index >= 15 is 0 Å². The Balaban J connectivity index is 0.00000148. The van der Waals surface area contributed by atoms with Gasteiger partial charge in [0.2, 0.25) is 0 Å². The third kappa shape index (κ3) is 9.25. The number of hydrogen-bond donors (Lipinski definition) is 0. The van der Waals surface area contributed by atoms with E-state index in [9.17, 15) is 0 Å². The molecule has 0 aliphatic rings. The molecule has 1 nitrogen and oxygen atoms in total. The molecule has 0 bridgehead atoms. The molecule has 0 spiro atoms. The zero-order valence-corrected chi connectivity index (χ0v) is 25.2. The second kappa shape index (κ2) is 20.8. The van der Waals surface area contributed by atoms with Gasteiger partial charge in [-0.1, -0.05) is 159 Å². The molecule has 0 radical (unpaired) electrons. The van der Waals surface area contributed by atoms with Gasteiger partial charge in [-0.25, -0.2) is 0 Å². The predicted octanol–water partition coefficient (Wildman–Crippen LogP) is 11.6. The third-order valence-corrected chi connectivity index (χ3v) is 5.49. The average molecular weight is 498 g/mol. The summed E-state index contributed by atoms with van der Waals surface area (Å²) in [6, 6.07) is 36.8. The average Bonchev–Trinajstić information content (AvgIpc) is 3.03. The van der Waals surface area contributed by atoms with Gasteiger partial charge < -0.3 is 4.90 Å². The van der Waals surface area contributed by atoms with Gasteiger partial charge in [-0.15, -0.1) is 0 Å². The highest BCUT2D eigenvalue weighted by Gasteiger charge is 2.20. The van der Waals surface area contributed by atoms with Crippen LogP contribution in [0.25, 0.3) is 33.4 Å². The van der Waals surface area contributed by atoms with Crippen LogP contribution in [0.2, 0.25) is 0 Å². The monoisotopic (exact) mass is 497 g/mol. The highest BCUT2D eigenvalue weighted by molar-refractivity contribution is 5.99. The first-order chi connectivity index (χ1) is 18.3. The molecule has 0 atom stereocenters. The Kier molecular flexibility index (Phi) is 19.0. The lowest BCUT2D eigenvalue weighted by Crippen LogP contribution is -2.23. The van der Waals surface area contributed by atoms with E-state index in [1.807, 2.05) is 55.4 Å². The summed E-state index contributed by atoms with van der Waals surface area (Å²) in [4.78, 5) is 2.48. The Morgan fingerprint density at radius 1 is 0.405 bits per heavy atom. The van der Waals surface area contributed by atoms with E-state index in [0.29, 0.717) is 0 Å². The van der Waals surface area contributed by atoms with Crippen LogP contribution in [-0.4, -0.2) is 13.1 Å². The van der Waals surface area contributed by atoms with Crippen LogP contribution in [0.3, 0.4) is 0 Å². The van der Waals surface area contributed by atoms with Gasteiger partial charge in [0.05, 0.1) is 5.69 Å². The second-order valence-electron chi connectivity index (χ2n) is 7.15. The van der Waals surface area contributed by atoms with Crippen molar-refractivity contribution in [1.82, 2.24) is 0 Å². The molecule has 37 heavy (non-hydrogen) atoms. The SMILES string of the molecule is CC.CC.CC.CC.CCN(CC)c1c(-c2ccccc2)ccc(-c2ccccc2)c1-c1ccccc1. The lowest BCUT2D eigenvalue weighted by atomic mass is 9.88. The van der Waals surface area contributed by atoms with Crippen molar-refractivity contribution in [2.45, 2.75) is 69.2 Å². The maximum absolute atomic E-state index is 2.48. The fraction of sp³-hybridized carbons (Fsp3) is 0.333. The number of anilines is 1. The van der Waals surface area contributed by atoms with Crippen LogP contribution in [0, 0.1) is 0 Å². The highest BCUT2D eigenvalue weighted by atomic mass is 15.1. The molecule has 0 heterocycles. The molecule has 0 fully saturated rings. The van der Waals surface area contributed by atoms with Gasteiger partial charge in [-0.3, -0.25) is 0 Å². The fourth-order valence-corrected chi connectivity index (χ4v) is 4.07. The van der Waals surface area contributed by atoms with Gasteiger partial charge in [0.25, 0.3) is 0 Å². The minimum atomic E-state index is 0.967. The van der Waals surface area contributed by atoms with E-state index in [1.54, 1.807) is 0 Å². The summed E-state index contributed by atoms with van der Waals surface area (Å²) in [6.45, 7) is 22.4. The highest BCUT2D eigenvalue weighted by Crippen LogP contribution is 2.45. The Labute approximate surface area is 229 Å². The lowest BCUT2D eigenvalue weighted by Gasteiger charge is -2.29.